The Morgan fingerprint density at radius 1 is 1.16 bits per heavy atom. The van der Waals surface area contributed by atoms with Crippen molar-refractivity contribution in [3.8, 4) is 0 Å². The summed E-state index contributed by atoms with van der Waals surface area (Å²) in [5.74, 6) is -0.599. The van der Waals surface area contributed by atoms with Gasteiger partial charge in [-0.3, -0.25) is 9.89 Å². The molecule has 0 saturated carbocycles. The van der Waals surface area contributed by atoms with Gasteiger partial charge in [-0.05, 0) is 49.4 Å². The van der Waals surface area contributed by atoms with Crippen LogP contribution in [0, 0.1) is 5.82 Å². The summed E-state index contributed by atoms with van der Waals surface area (Å²) in [6.07, 6.45) is 1.78. The minimum Gasteiger partial charge on any atom is -0.466 e. The van der Waals surface area contributed by atoms with Crippen LogP contribution in [0.1, 0.15) is 19.0 Å². The molecule has 2 heterocycles. The lowest BCUT2D eigenvalue weighted by Gasteiger charge is -2.10. The minimum atomic E-state index is -0.586. The molecule has 0 spiro atoms. The summed E-state index contributed by atoms with van der Waals surface area (Å²) >= 11 is 5.89. The van der Waals surface area contributed by atoms with Crippen molar-refractivity contribution in [3.05, 3.63) is 65.2 Å². The number of anilines is 4. The van der Waals surface area contributed by atoms with E-state index < -0.39 is 5.82 Å². The number of aryl methyl sites for hydroxylation is 1. The van der Waals surface area contributed by atoms with Crippen LogP contribution < -0.4 is 10.6 Å². The zero-order chi connectivity index (χ0) is 22.5. The first kappa shape index (κ1) is 21.5. The molecule has 164 valence electrons. The van der Waals surface area contributed by atoms with Gasteiger partial charge in [-0.15, -0.1) is 0 Å². The van der Waals surface area contributed by atoms with Crippen molar-refractivity contribution in [1.82, 2.24) is 20.2 Å². The minimum absolute atomic E-state index is 0.0318. The van der Waals surface area contributed by atoms with Gasteiger partial charge >= 0.3 is 5.97 Å². The number of hydrogen-bond donors (Lipinski definition) is 3. The molecule has 3 N–H and O–H groups in total. The van der Waals surface area contributed by atoms with Gasteiger partial charge in [-0.2, -0.15) is 10.1 Å². The molecule has 8 nitrogen and oxygen atoms in total. The zero-order valence-corrected chi connectivity index (χ0v) is 17.9. The maximum Gasteiger partial charge on any atom is 0.306 e. The van der Waals surface area contributed by atoms with Crippen molar-refractivity contribution in [2.75, 3.05) is 17.2 Å². The third kappa shape index (κ3) is 5.12. The standard InChI is InChI=1S/C22H20ClFN6O2/c1-2-32-20(31)10-9-19-16-11-15(7-8-18(16)29-30-19)27-22-25-12-17(24)21(28-22)26-14-5-3-13(23)4-6-14/h3-8,11-12H,2,9-10H2,1H3,(H,29,30)(H2,25,26,27,28). The Bertz CT molecular complexity index is 1250. The average molecular weight is 455 g/mol. The molecule has 0 atom stereocenters. The number of carbonyl (C=O) groups excluding carboxylic acids is 1. The third-order valence-corrected chi connectivity index (χ3v) is 4.87. The van der Waals surface area contributed by atoms with Crippen LogP contribution in [0.3, 0.4) is 0 Å². The fourth-order valence-electron chi connectivity index (χ4n) is 3.10. The van der Waals surface area contributed by atoms with Gasteiger partial charge in [0.2, 0.25) is 5.95 Å². The van der Waals surface area contributed by atoms with Crippen molar-refractivity contribution in [2.45, 2.75) is 19.8 Å². The van der Waals surface area contributed by atoms with E-state index >= 15 is 0 Å². The first-order valence-corrected chi connectivity index (χ1v) is 10.3. The normalized spacial score (nSPS) is 10.8. The number of fused-ring (bicyclic) bond motifs is 1. The molecular formula is C22H20ClFN6O2. The van der Waals surface area contributed by atoms with E-state index in [4.69, 9.17) is 16.3 Å². The molecule has 0 aliphatic rings. The van der Waals surface area contributed by atoms with Gasteiger partial charge in [0.05, 0.1) is 30.4 Å². The summed E-state index contributed by atoms with van der Waals surface area (Å²) < 4.78 is 19.2. The lowest BCUT2D eigenvalue weighted by atomic mass is 10.1. The number of esters is 1. The van der Waals surface area contributed by atoms with Gasteiger partial charge in [-0.25, -0.2) is 9.37 Å². The van der Waals surface area contributed by atoms with E-state index in [9.17, 15) is 9.18 Å². The number of benzene rings is 2. The van der Waals surface area contributed by atoms with Crippen LogP contribution in [0.2, 0.25) is 5.02 Å². The predicted octanol–water partition coefficient (Wildman–Crippen LogP) is 5.13. The number of aromatic amines is 1. The topological polar surface area (TPSA) is 105 Å². The second kappa shape index (κ2) is 9.61. The van der Waals surface area contributed by atoms with Crippen LogP contribution in [0.25, 0.3) is 10.9 Å². The van der Waals surface area contributed by atoms with E-state index in [1.54, 1.807) is 31.2 Å². The molecule has 2 aromatic carbocycles. The second-order valence-corrected chi connectivity index (χ2v) is 7.32. The van der Waals surface area contributed by atoms with Crippen molar-refractivity contribution >= 4 is 51.6 Å². The Morgan fingerprint density at radius 3 is 2.72 bits per heavy atom. The molecule has 32 heavy (non-hydrogen) atoms. The summed E-state index contributed by atoms with van der Waals surface area (Å²) in [5, 5.41) is 14.7. The van der Waals surface area contributed by atoms with Crippen molar-refractivity contribution < 1.29 is 13.9 Å². The molecule has 0 fully saturated rings. The number of H-pyrrole nitrogens is 1. The van der Waals surface area contributed by atoms with Gasteiger partial charge < -0.3 is 15.4 Å². The van der Waals surface area contributed by atoms with Crippen LogP contribution >= 0.6 is 11.6 Å². The summed E-state index contributed by atoms with van der Waals surface area (Å²) in [4.78, 5) is 19.9. The van der Waals surface area contributed by atoms with Gasteiger partial charge in [0, 0.05) is 28.2 Å². The number of carbonyl (C=O) groups is 1. The van der Waals surface area contributed by atoms with Crippen LogP contribution in [0.15, 0.2) is 48.7 Å². The molecule has 0 saturated heterocycles. The SMILES string of the molecule is CCOC(=O)CCc1n[nH]c2ccc(Nc3ncc(F)c(Nc4ccc(Cl)cc4)n3)cc12. The number of hydrogen-bond acceptors (Lipinski definition) is 7. The predicted molar refractivity (Wildman–Crippen MR) is 121 cm³/mol. The first-order valence-electron chi connectivity index (χ1n) is 9.96. The molecule has 0 aliphatic heterocycles. The van der Waals surface area contributed by atoms with Crippen LogP contribution in [0.5, 0.6) is 0 Å². The highest BCUT2D eigenvalue weighted by Crippen LogP contribution is 2.25. The highest BCUT2D eigenvalue weighted by molar-refractivity contribution is 6.30. The first-order chi connectivity index (χ1) is 15.5. The molecule has 10 heteroatoms. The van der Waals surface area contributed by atoms with Crippen molar-refractivity contribution in [1.29, 1.82) is 0 Å². The largest absolute Gasteiger partial charge is 0.466 e. The molecular weight excluding hydrogens is 435 g/mol. The molecule has 0 aliphatic carbocycles. The molecule has 0 bridgehead atoms. The summed E-state index contributed by atoms with van der Waals surface area (Å²) in [6, 6.07) is 12.4. The molecule has 4 rings (SSSR count). The van der Waals surface area contributed by atoms with Crippen LogP contribution in [-0.4, -0.2) is 32.7 Å². The van der Waals surface area contributed by atoms with Gasteiger partial charge in [-0.1, -0.05) is 11.6 Å². The molecule has 4 aromatic rings. The number of aromatic nitrogens is 4. The summed E-state index contributed by atoms with van der Waals surface area (Å²) in [6.45, 7) is 2.12. The Morgan fingerprint density at radius 2 is 1.94 bits per heavy atom. The maximum absolute atomic E-state index is 14.2. The lowest BCUT2D eigenvalue weighted by molar-refractivity contribution is -0.143. The number of ether oxygens (including phenoxy) is 1. The smallest absolute Gasteiger partial charge is 0.306 e. The third-order valence-electron chi connectivity index (χ3n) is 4.62. The number of rotatable bonds is 8. The monoisotopic (exact) mass is 454 g/mol. The highest BCUT2D eigenvalue weighted by Gasteiger charge is 2.12. The van der Waals surface area contributed by atoms with Gasteiger partial charge in [0.15, 0.2) is 11.6 Å². The zero-order valence-electron chi connectivity index (χ0n) is 17.2. The van der Waals surface area contributed by atoms with E-state index in [-0.39, 0.29) is 24.2 Å². The van der Waals surface area contributed by atoms with E-state index in [1.807, 2.05) is 18.2 Å². The summed E-state index contributed by atoms with van der Waals surface area (Å²) in [5.41, 5.74) is 2.92. The van der Waals surface area contributed by atoms with Crippen molar-refractivity contribution in [3.63, 3.8) is 0 Å². The lowest BCUT2D eigenvalue weighted by Crippen LogP contribution is -2.05. The number of halogens is 2. The number of nitrogens with one attached hydrogen (secondary N) is 3. The average Bonchev–Trinajstić information content (AvgIpc) is 3.19. The van der Waals surface area contributed by atoms with Crippen LogP contribution in [-0.2, 0) is 16.0 Å². The van der Waals surface area contributed by atoms with Crippen molar-refractivity contribution in [2.24, 2.45) is 0 Å². The van der Waals surface area contributed by atoms with E-state index in [2.05, 4.69) is 30.8 Å². The van der Waals surface area contributed by atoms with Crippen LogP contribution in [0.4, 0.5) is 27.5 Å². The Labute approximate surface area is 188 Å². The van der Waals surface area contributed by atoms with E-state index in [1.165, 1.54) is 0 Å². The number of nitrogens with zero attached hydrogens (tertiary/aromatic N) is 3. The second-order valence-electron chi connectivity index (χ2n) is 6.88. The van der Waals surface area contributed by atoms with E-state index in [0.29, 0.717) is 29.4 Å². The maximum atomic E-state index is 14.2. The molecule has 0 amide bonds. The highest BCUT2D eigenvalue weighted by atomic mass is 35.5. The van der Waals surface area contributed by atoms with Gasteiger partial charge in [0.25, 0.3) is 0 Å². The molecule has 2 aromatic heterocycles. The Hall–Kier alpha value is -3.72. The molecule has 0 unspecified atom stereocenters. The van der Waals surface area contributed by atoms with Gasteiger partial charge in [0.1, 0.15) is 0 Å². The fourth-order valence-corrected chi connectivity index (χ4v) is 3.23. The Balaban J connectivity index is 1.52. The Kier molecular flexibility index (Phi) is 6.46. The quantitative estimate of drug-likeness (QED) is 0.317. The summed E-state index contributed by atoms with van der Waals surface area (Å²) in [7, 11) is 0. The molecule has 0 radical (unpaired) electrons. The van der Waals surface area contributed by atoms with E-state index in [0.717, 1.165) is 22.8 Å². The fraction of sp³-hybridized carbons (Fsp3) is 0.182.